The summed E-state index contributed by atoms with van der Waals surface area (Å²) in [6.45, 7) is 3.12. The molecule has 1 aliphatic heterocycles. The molecule has 0 N–H and O–H groups in total. The van der Waals surface area contributed by atoms with Crippen LogP contribution in [0.1, 0.15) is 11.1 Å². The molecule has 1 aromatic heterocycles. The van der Waals surface area contributed by atoms with Crippen LogP contribution in [-0.4, -0.2) is 4.57 Å². The van der Waals surface area contributed by atoms with Gasteiger partial charge in [0.2, 0.25) is 0 Å². The van der Waals surface area contributed by atoms with Gasteiger partial charge in [0.1, 0.15) is 0 Å². The summed E-state index contributed by atoms with van der Waals surface area (Å²) in [5.74, 6) is 0. The van der Waals surface area contributed by atoms with E-state index in [1.807, 2.05) is 6.07 Å². The molecule has 0 bridgehead atoms. The van der Waals surface area contributed by atoms with Crippen LogP contribution in [0.5, 0.6) is 0 Å². The number of aromatic nitrogens is 1. The van der Waals surface area contributed by atoms with E-state index in [0.717, 1.165) is 11.6 Å². The summed E-state index contributed by atoms with van der Waals surface area (Å²) in [6.07, 6.45) is 0. The molecule has 4 rings (SSSR count). The van der Waals surface area contributed by atoms with Crippen molar-refractivity contribution in [2.24, 2.45) is 0 Å². The van der Waals surface area contributed by atoms with Gasteiger partial charge in [-0.15, -0.1) is 0 Å². The summed E-state index contributed by atoms with van der Waals surface area (Å²) in [5.41, 5.74) is 6.57. The number of rotatable bonds is 0. The minimum absolute atomic E-state index is 0.809. The summed E-state index contributed by atoms with van der Waals surface area (Å²) in [6, 6.07) is 14.9. The van der Waals surface area contributed by atoms with E-state index in [1.54, 1.807) is 0 Å². The molecule has 18 heavy (non-hydrogen) atoms. The molecular weight excluding hydrogens is 242 g/mol. The smallest absolute Gasteiger partial charge is 0.0498 e. The van der Waals surface area contributed by atoms with Crippen molar-refractivity contribution in [3.8, 4) is 11.3 Å². The van der Waals surface area contributed by atoms with E-state index in [1.165, 1.54) is 33.3 Å². The highest BCUT2D eigenvalue weighted by Crippen LogP contribution is 2.38. The van der Waals surface area contributed by atoms with E-state index in [2.05, 4.69) is 47.9 Å². The van der Waals surface area contributed by atoms with E-state index in [4.69, 9.17) is 11.6 Å². The molecule has 2 heteroatoms. The second kappa shape index (κ2) is 3.39. The van der Waals surface area contributed by atoms with Crippen LogP contribution >= 0.6 is 11.6 Å². The molecule has 0 fully saturated rings. The molecule has 0 amide bonds. The van der Waals surface area contributed by atoms with E-state index in [9.17, 15) is 0 Å². The Hall–Kier alpha value is -1.73. The summed E-state index contributed by atoms with van der Waals surface area (Å²) in [7, 11) is 0. The number of hydrogen-bond donors (Lipinski definition) is 0. The van der Waals surface area contributed by atoms with Crippen LogP contribution in [0.15, 0.2) is 42.5 Å². The summed E-state index contributed by atoms with van der Waals surface area (Å²) in [4.78, 5) is 0. The molecule has 1 aliphatic rings. The Bertz CT molecular complexity index is 783. The van der Waals surface area contributed by atoms with Crippen molar-refractivity contribution >= 4 is 22.5 Å². The van der Waals surface area contributed by atoms with Gasteiger partial charge in [-0.1, -0.05) is 29.8 Å². The van der Waals surface area contributed by atoms with Crippen LogP contribution in [0, 0.1) is 6.92 Å². The number of fused-ring (bicyclic) bond motifs is 5. The van der Waals surface area contributed by atoms with Crippen molar-refractivity contribution in [3.05, 3.63) is 58.6 Å². The fourth-order valence-corrected chi connectivity index (χ4v) is 3.09. The zero-order chi connectivity index (χ0) is 12.3. The van der Waals surface area contributed by atoms with Crippen molar-refractivity contribution in [1.82, 2.24) is 4.57 Å². The average molecular weight is 254 g/mol. The van der Waals surface area contributed by atoms with E-state index in [-0.39, 0.29) is 0 Å². The SMILES string of the molecule is Cc1cccc2c1cc1n2Cc2ccc(Cl)cc2-1. The van der Waals surface area contributed by atoms with Crippen LogP contribution in [0.25, 0.3) is 22.2 Å². The van der Waals surface area contributed by atoms with E-state index >= 15 is 0 Å². The zero-order valence-corrected chi connectivity index (χ0v) is 10.8. The molecule has 3 aromatic rings. The molecule has 0 atom stereocenters. The fraction of sp³-hybridized carbons (Fsp3) is 0.125. The van der Waals surface area contributed by atoms with Gasteiger partial charge < -0.3 is 4.57 Å². The maximum Gasteiger partial charge on any atom is 0.0498 e. The van der Waals surface area contributed by atoms with Gasteiger partial charge in [0, 0.05) is 33.7 Å². The van der Waals surface area contributed by atoms with Crippen LogP contribution < -0.4 is 0 Å². The predicted molar refractivity (Wildman–Crippen MR) is 76.2 cm³/mol. The number of aryl methyl sites for hydroxylation is 1. The second-order valence-corrected chi connectivity index (χ2v) is 5.36. The third-order valence-corrected chi connectivity index (χ3v) is 4.08. The number of hydrogen-bond acceptors (Lipinski definition) is 0. The highest BCUT2D eigenvalue weighted by molar-refractivity contribution is 6.31. The average Bonchev–Trinajstić information content (AvgIpc) is 2.87. The Balaban J connectivity index is 2.09. The number of benzene rings is 2. The first-order valence-electron chi connectivity index (χ1n) is 6.12. The largest absolute Gasteiger partial charge is 0.336 e. The highest BCUT2D eigenvalue weighted by atomic mass is 35.5. The highest BCUT2D eigenvalue weighted by Gasteiger charge is 2.21. The van der Waals surface area contributed by atoms with Crippen molar-refractivity contribution in [2.75, 3.05) is 0 Å². The van der Waals surface area contributed by atoms with Gasteiger partial charge in [0.15, 0.2) is 0 Å². The van der Waals surface area contributed by atoms with E-state index in [0.29, 0.717) is 0 Å². The lowest BCUT2D eigenvalue weighted by molar-refractivity contribution is 0.887. The lowest BCUT2D eigenvalue weighted by Crippen LogP contribution is -1.92. The predicted octanol–water partition coefficient (Wildman–Crippen LogP) is 4.63. The minimum atomic E-state index is 0.809. The minimum Gasteiger partial charge on any atom is -0.336 e. The standard InChI is InChI=1S/C16H12ClN/c1-10-3-2-4-15-13(10)8-16-14-7-12(17)6-5-11(14)9-18(15)16/h2-8H,9H2,1H3. The van der Waals surface area contributed by atoms with Crippen molar-refractivity contribution in [1.29, 1.82) is 0 Å². The molecule has 0 unspecified atom stereocenters. The first-order valence-corrected chi connectivity index (χ1v) is 6.49. The first kappa shape index (κ1) is 10.2. The molecule has 1 nitrogen and oxygen atoms in total. The molecule has 2 aromatic carbocycles. The second-order valence-electron chi connectivity index (χ2n) is 4.92. The third kappa shape index (κ3) is 1.23. The topological polar surface area (TPSA) is 4.93 Å². The molecule has 0 spiro atoms. The van der Waals surface area contributed by atoms with Crippen LogP contribution in [0.3, 0.4) is 0 Å². The third-order valence-electron chi connectivity index (χ3n) is 3.84. The van der Waals surface area contributed by atoms with Gasteiger partial charge in [-0.25, -0.2) is 0 Å². The first-order chi connectivity index (χ1) is 8.74. The van der Waals surface area contributed by atoms with Crippen molar-refractivity contribution in [2.45, 2.75) is 13.5 Å². The van der Waals surface area contributed by atoms with Gasteiger partial charge in [-0.05, 0) is 42.3 Å². The molecule has 0 aliphatic carbocycles. The van der Waals surface area contributed by atoms with E-state index < -0.39 is 0 Å². The molecule has 2 heterocycles. The molecule has 0 saturated carbocycles. The molecule has 0 saturated heterocycles. The maximum atomic E-state index is 6.11. The quantitative estimate of drug-likeness (QED) is 0.431. The summed E-state index contributed by atoms with van der Waals surface area (Å²) < 4.78 is 2.38. The Kier molecular flexibility index (Phi) is 1.93. The lowest BCUT2D eigenvalue weighted by atomic mass is 10.1. The Morgan fingerprint density at radius 2 is 2.00 bits per heavy atom. The van der Waals surface area contributed by atoms with Crippen molar-refractivity contribution in [3.63, 3.8) is 0 Å². The normalized spacial score (nSPS) is 12.8. The zero-order valence-electron chi connectivity index (χ0n) is 10.1. The van der Waals surface area contributed by atoms with Crippen molar-refractivity contribution < 1.29 is 0 Å². The summed E-state index contributed by atoms with van der Waals surface area (Å²) in [5, 5.41) is 2.15. The maximum absolute atomic E-state index is 6.11. The Morgan fingerprint density at radius 3 is 2.89 bits per heavy atom. The fourth-order valence-electron chi connectivity index (χ4n) is 2.92. The monoisotopic (exact) mass is 253 g/mol. The van der Waals surface area contributed by atoms with Crippen LogP contribution in [-0.2, 0) is 6.54 Å². The summed E-state index contributed by atoms with van der Waals surface area (Å²) >= 11 is 6.11. The Labute approximate surface area is 111 Å². The van der Waals surface area contributed by atoms with Crippen LogP contribution in [0.2, 0.25) is 5.02 Å². The van der Waals surface area contributed by atoms with Crippen LogP contribution in [0.4, 0.5) is 0 Å². The molecular formula is C16H12ClN. The molecule has 0 radical (unpaired) electrons. The Morgan fingerprint density at radius 1 is 1.11 bits per heavy atom. The van der Waals surface area contributed by atoms with Gasteiger partial charge in [0.05, 0.1) is 0 Å². The molecule has 88 valence electrons. The number of nitrogens with zero attached hydrogens (tertiary/aromatic N) is 1. The van der Waals surface area contributed by atoms with Gasteiger partial charge in [0.25, 0.3) is 0 Å². The van der Waals surface area contributed by atoms with Gasteiger partial charge in [-0.2, -0.15) is 0 Å². The number of halogens is 1. The van der Waals surface area contributed by atoms with Gasteiger partial charge in [-0.3, -0.25) is 0 Å². The lowest BCUT2D eigenvalue weighted by Gasteiger charge is -2.01. The van der Waals surface area contributed by atoms with Gasteiger partial charge >= 0.3 is 0 Å².